The third-order valence-electron chi connectivity index (χ3n) is 14.9. The van der Waals surface area contributed by atoms with Gasteiger partial charge in [-0.1, -0.05) is 113 Å². The molecule has 2 amide bonds. The van der Waals surface area contributed by atoms with E-state index in [1.807, 2.05) is 73.6 Å². The minimum atomic E-state index is -0.676. The zero-order valence-electron chi connectivity index (χ0n) is 39.6. The molecule has 4 N–H and O–H groups in total. The normalized spacial score (nSPS) is 24.7. The molecule has 4 aliphatic rings. The van der Waals surface area contributed by atoms with Crippen molar-refractivity contribution >= 4 is 17.5 Å². The number of hydroxylamine groups is 2. The fraction of sp³-hybridized carbons (Fsp3) is 0.519. The summed E-state index contributed by atoms with van der Waals surface area (Å²) < 4.78 is 6.25. The van der Waals surface area contributed by atoms with Crippen LogP contribution < -0.4 is 25.6 Å². The Kier molecular flexibility index (Phi) is 15.2. The fourth-order valence-electron chi connectivity index (χ4n) is 11.2. The smallest absolute Gasteiger partial charge is 0.251 e. The monoisotopic (exact) mass is 872 g/mol. The summed E-state index contributed by atoms with van der Waals surface area (Å²) in [5.74, 6) is 2.05. The molecule has 2 unspecified atom stereocenters. The second kappa shape index (κ2) is 20.6. The maximum atomic E-state index is 14.9. The number of ether oxygens (including phenoxy) is 1. The second-order valence-electron chi connectivity index (χ2n) is 20.1. The number of hydrogen-bond acceptors (Lipinski definition) is 8. The summed E-state index contributed by atoms with van der Waals surface area (Å²) in [6.07, 6.45) is 4.04. The van der Waals surface area contributed by atoms with Crippen molar-refractivity contribution in [1.29, 1.82) is 0 Å². The van der Waals surface area contributed by atoms with Gasteiger partial charge < -0.3 is 30.7 Å². The average molecular weight is 872 g/mol. The number of carbonyl (C=O) groups is 2. The maximum absolute atomic E-state index is 14.9. The zero-order valence-corrected chi connectivity index (χ0v) is 39.6. The van der Waals surface area contributed by atoms with E-state index in [9.17, 15) is 14.7 Å². The predicted molar refractivity (Wildman–Crippen MR) is 257 cm³/mol. The van der Waals surface area contributed by atoms with E-state index in [0.29, 0.717) is 40.4 Å². The molecule has 8 rings (SSSR count). The van der Waals surface area contributed by atoms with Crippen molar-refractivity contribution in [2.24, 2.45) is 35.0 Å². The molecule has 4 fully saturated rings. The molecule has 3 saturated carbocycles. The molecule has 4 aromatic rings. The van der Waals surface area contributed by atoms with Crippen molar-refractivity contribution in [2.75, 3.05) is 39.3 Å². The maximum Gasteiger partial charge on any atom is 0.251 e. The molecule has 10 nitrogen and oxygen atoms in total. The summed E-state index contributed by atoms with van der Waals surface area (Å²) in [6.45, 7) is 14.3. The van der Waals surface area contributed by atoms with Crippen LogP contribution in [0.4, 0.5) is 5.69 Å². The number of benzene rings is 4. The Hall–Kier alpha value is -4.74. The summed E-state index contributed by atoms with van der Waals surface area (Å²) >= 11 is 0. The van der Waals surface area contributed by atoms with E-state index in [-0.39, 0.29) is 49.0 Å². The molecule has 2 bridgehead atoms. The van der Waals surface area contributed by atoms with E-state index in [2.05, 4.69) is 100.0 Å². The zero-order chi connectivity index (χ0) is 45.7. The van der Waals surface area contributed by atoms with Gasteiger partial charge in [0.05, 0.1) is 20.3 Å². The van der Waals surface area contributed by atoms with Crippen LogP contribution in [0.25, 0.3) is 11.1 Å². The number of para-hydroxylation sites is 1. The van der Waals surface area contributed by atoms with E-state index in [0.717, 1.165) is 54.6 Å². The van der Waals surface area contributed by atoms with Crippen molar-refractivity contribution in [1.82, 2.24) is 21.0 Å². The van der Waals surface area contributed by atoms with E-state index in [1.54, 1.807) is 12.2 Å². The molecule has 3 aliphatic carbocycles. The minimum absolute atomic E-state index is 0.0305. The Labute approximate surface area is 382 Å². The number of carbonyl (C=O) groups excluding carboxylic acids is 2. The SMILES string of the molecule is COc1c(CN2O[C@@H](CO)C(C(C)NCCc3ccccc3)[C@H]2C(=O)N[C@H]2C[C@H]3C[C@@H]([C@@H]2C)C3(C)C)cccc1-c1cc(C(=O)N[C@@H](Cc2ccccc2)CC(C)C)cc(N(C)C)c1. The van der Waals surface area contributed by atoms with Gasteiger partial charge in [0.25, 0.3) is 5.91 Å². The number of hydrogen-bond donors (Lipinski definition) is 4. The van der Waals surface area contributed by atoms with Gasteiger partial charge >= 0.3 is 0 Å². The number of aliphatic hydroxyl groups excluding tert-OH is 1. The van der Waals surface area contributed by atoms with Gasteiger partial charge in [-0.05, 0) is 110 Å². The molecule has 1 aliphatic heterocycles. The lowest BCUT2D eigenvalue weighted by molar-refractivity contribution is -0.183. The van der Waals surface area contributed by atoms with Gasteiger partial charge in [-0.15, -0.1) is 0 Å². The van der Waals surface area contributed by atoms with Crippen LogP contribution in [0.5, 0.6) is 5.75 Å². The van der Waals surface area contributed by atoms with Crippen LogP contribution >= 0.6 is 0 Å². The Morgan fingerprint density at radius 3 is 2.27 bits per heavy atom. The first-order chi connectivity index (χ1) is 30.7. The first-order valence-electron chi connectivity index (χ1n) is 23.6. The van der Waals surface area contributed by atoms with Gasteiger partial charge in [0.1, 0.15) is 17.9 Å². The molecule has 0 radical (unpaired) electrons. The molecule has 1 saturated heterocycles. The quantitative estimate of drug-likeness (QED) is 0.0745. The van der Waals surface area contributed by atoms with Crippen LogP contribution in [-0.4, -0.2) is 86.6 Å². The Bertz CT molecular complexity index is 2180. The van der Waals surface area contributed by atoms with Crippen molar-refractivity contribution in [2.45, 2.75) is 110 Å². The van der Waals surface area contributed by atoms with E-state index in [4.69, 9.17) is 9.57 Å². The van der Waals surface area contributed by atoms with Crippen LogP contribution in [0.15, 0.2) is 97.1 Å². The van der Waals surface area contributed by atoms with Gasteiger partial charge in [-0.2, -0.15) is 5.06 Å². The lowest BCUT2D eigenvalue weighted by Gasteiger charge is -2.62. The summed E-state index contributed by atoms with van der Waals surface area (Å²) in [5, 5.41) is 23.3. The molecule has 1 heterocycles. The number of nitrogens with zero attached hydrogens (tertiary/aromatic N) is 2. The molecule has 9 atom stereocenters. The molecular weight excluding hydrogens is 799 g/mol. The van der Waals surface area contributed by atoms with Gasteiger partial charge in [0, 0.05) is 60.5 Å². The minimum Gasteiger partial charge on any atom is -0.496 e. The van der Waals surface area contributed by atoms with Crippen LogP contribution in [0.2, 0.25) is 0 Å². The Morgan fingerprint density at radius 1 is 0.938 bits per heavy atom. The third-order valence-corrected chi connectivity index (χ3v) is 14.9. The highest BCUT2D eigenvalue weighted by molar-refractivity contribution is 5.97. The number of amides is 2. The predicted octanol–water partition coefficient (Wildman–Crippen LogP) is 8.32. The van der Waals surface area contributed by atoms with Gasteiger partial charge in [0.2, 0.25) is 5.91 Å². The topological polar surface area (TPSA) is 115 Å². The van der Waals surface area contributed by atoms with Crippen molar-refractivity contribution in [3.63, 3.8) is 0 Å². The average Bonchev–Trinajstić information content (AvgIpc) is 3.65. The van der Waals surface area contributed by atoms with E-state index >= 15 is 0 Å². The van der Waals surface area contributed by atoms with Crippen LogP contribution in [0.3, 0.4) is 0 Å². The molecule has 0 spiro atoms. The van der Waals surface area contributed by atoms with Crippen LogP contribution in [-0.2, 0) is 29.0 Å². The van der Waals surface area contributed by atoms with E-state index < -0.39 is 12.1 Å². The van der Waals surface area contributed by atoms with Gasteiger partial charge in [-0.25, -0.2) is 0 Å². The number of aliphatic hydroxyl groups is 1. The Morgan fingerprint density at radius 2 is 1.64 bits per heavy atom. The molecule has 4 aromatic carbocycles. The standard InChI is InChI=1S/C54H73N5O5/c1-34(2)25-43(26-38-19-14-11-15-20-38)56-52(61)41-27-40(28-44(29-41)58(7)8)45-22-16-21-39(51(45)63-9)32-59-50(53(62)57-47-31-42-30-46(35(47)3)54(42,5)6)49(48(33-60)64-59)36(4)55-24-23-37-17-12-10-13-18-37/h10-22,27-29,34-36,42-43,46-50,55,60H,23-26,30-33H2,1-9H3,(H,56,61)(H,57,62)/t35-,36?,42+,43+,46-,47-,48-,49?,50-/m0/s1. The van der Waals surface area contributed by atoms with Crippen LogP contribution in [0, 0.1) is 35.0 Å². The number of rotatable bonds is 19. The summed E-state index contributed by atoms with van der Waals surface area (Å²) in [7, 11) is 5.62. The van der Waals surface area contributed by atoms with Gasteiger partial charge in [-0.3, -0.25) is 14.4 Å². The largest absolute Gasteiger partial charge is 0.496 e. The number of nitrogens with one attached hydrogen (secondary N) is 3. The summed E-state index contributed by atoms with van der Waals surface area (Å²) in [6, 6.07) is 31.9. The summed E-state index contributed by atoms with van der Waals surface area (Å²) in [4.78, 5) is 37.7. The van der Waals surface area contributed by atoms with Crippen LogP contribution in [0.1, 0.15) is 87.9 Å². The number of anilines is 1. The molecule has 0 aromatic heterocycles. The first kappa shape index (κ1) is 47.2. The highest BCUT2D eigenvalue weighted by atomic mass is 16.7. The first-order valence-corrected chi connectivity index (χ1v) is 23.6. The molecule has 64 heavy (non-hydrogen) atoms. The number of methoxy groups -OCH3 is 1. The van der Waals surface area contributed by atoms with E-state index in [1.165, 1.54) is 17.5 Å². The highest BCUT2D eigenvalue weighted by Crippen LogP contribution is 2.61. The Balaban J connectivity index is 1.17. The van der Waals surface area contributed by atoms with Crippen molar-refractivity contribution in [3.8, 4) is 16.9 Å². The van der Waals surface area contributed by atoms with Gasteiger partial charge in [0.15, 0.2) is 0 Å². The van der Waals surface area contributed by atoms with Crippen molar-refractivity contribution in [3.05, 3.63) is 119 Å². The number of fused-ring (bicyclic) bond motifs is 2. The second-order valence-corrected chi connectivity index (χ2v) is 20.1. The lowest BCUT2D eigenvalue weighted by Crippen LogP contribution is -2.62. The summed E-state index contributed by atoms with van der Waals surface area (Å²) in [5.41, 5.74) is 6.66. The molecule has 10 heteroatoms. The fourth-order valence-corrected chi connectivity index (χ4v) is 11.2. The molecule has 344 valence electrons. The van der Waals surface area contributed by atoms with Crippen molar-refractivity contribution < 1.29 is 24.3 Å². The molecular formula is C54H73N5O5. The highest BCUT2D eigenvalue weighted by Gasteiger charge is 2.57. The lowest BCUT2D eigenvalue weighted by atomic mass is 9.45. The third kappa shape index (κ3) is 10.5.